The SMILES string of the molecule is O=C(CNc1cccc(CO)c1)Nc1cc(Cl)ccc1Cl. The van der Waals surface area contributed by atoms with E-state index in [1.165, 1.54) is 0 Å². The van der Waals surface area contributed by atoms with E-state index in [0.717, 1.165) is 11.3 Å². The van der Waals surface area contributed by atoms with Crippen LogP contribution in [0, 0.1) is 0 Å². The van der Waals surface area contributed by atoms with Crippen LogP contribution in [0.4, 0.5) is 11.4 Å². The molecule has 0 fully saturated rings. The summed E-state index contributed by atoms with van der Waals surface area (Å²) in [6, 6.07) is 12.1. The summed E-state index contributed by atoms with van der Waals surface area (Å²) in [5, 5.41) is 15.6. The second-order valence-electron chi connectivity index (χ2n) is 4.38. The summed E-state index contributed by atoms with van der Waals surface area (Å²) >= 11 is 11.8. The lowest BCUT2D eigenvalue weighted by Gasteiger charge is -2.10. The van der Waals surface area contributed by atoms with Crippen LogP contribution in [-0.4, -0.2) is 17.6 Å². The second-order valence-corrected chi connectivity index (χ2v) is 5.23. The Morgan fingerprint density at radius 3 is 2.71 bits per heavy atom. The molecule has 0 aromatic heterocycles. The second kappa shape index (κ2) is 7.31. The van der Waals surface area contributed by atoms with Gasteiger partial charge in [0, 0.05) is 10.7 Å². The van der Waals surface area contributed by atoms with Gasteiger partial charge in [-0.3, -0.25) is 4.79 Å². The lowest BCUT2D eigenvalue weighted by molar-refractivity contribution is -0.114. The van der Waals surface area contributed by atoms with Gasteiger partial charge in [0.2, 0.25) is 5.91 Å². The van der Waals surface area contributed by atoms with Gasteiger partial charge in [-0.1, -0.05) is 35.3 Å². The van der Waals surface area contributed by atoms with Crippen LogP contribution in [0.25, 0.3) is 0 Å². The van der Waals surface area contributed by atoms with Gasteiger partial charge in [-0.05, 0) is 35.9 Å². The van der Waals surface area contributed by atoms with Crippen LogP contribution < -0.4 is 10.6 Å². The molecule has 6 heteroatoms. The number of benzene rings is 2. The summed E-state index contributed by atoms with van der Waals surface area (Å²) in [7, 11) is 0. The Morgan fingerprint density at radius 2 is 1.95 bits per heavy atom. The molecular weight excluding hydrogens is 311 g/mol. The first-order chi connectivity index (χ1) is 10.1. The number of carbonyl (C=O) groups is 1. The Morgan fingerprint density at radius 1 is 1.14 bits per heavy atom. The zero-order valence-electron chi connectivity index (χ0n) is 11.1. The van der Waals surface area contributed by atoms with Crippen LogP contribution in [0.15, 0.2) is 42.5 Å². The van der Waals surface area contributed by atoms with Gasteiger partial charge in [0.1, 0.15) is 0 Å². The molecule has 0 bridgehead atoms. The quantitative estimate of drug-likeness (QED) is 0.788. The van der Waals surface area contributed by atoms with Gasteiger partial charge in [0.25, 0.3) is 0 Å². The van der Waals surface area contributed by atoms with Gasteiger partial charge >= 0.3 is 0 Å². The van der Waals surface area contributed by atoms with Crippen molar-refractivity contribution in [3.8, 4) is 0 Å². The number of halogens is 2. The fourth-order valence-corrected chi connectivity index (χ4v) is 2.09. The first-order valence-corrected chi connectivity index (χ1v) is 7.02. The molecular formula is C15H14Cl2N2O2. The standard InChI is InChI=1S/C15H14Cl2N2O2/c16-11-4-5-13(17)14(7-11)19-15(21)8-18-12-3-1-2-10(6-12)9-20/h1-7,18,20H,8-9H2,(H,19,21). The molecule has 2 aromatic carbocycles. The lowest BCUT2D eigenvalue weighted by atomic mass is 10.2. The molecule has 21 heavy (non-hydrogen) atoms. The predicted octanol–water partition coefficient (Wildman–Crippen LogP) is 3.54. The van der Waals surface area contributed by atoms with Crippen molar-refractivity contribution in [1.82, 2.24) is 0 Å². The highest BCUT2D eigenvalue weighted by atomic mass is 35.5. The van der Waals surface area contributed by atoms with Crippen molar-refractivity contribution in [1.29, 1.82) is 0 Å². The van der Waals surface area contributed by atoms with Crippen LogP contribution in [0.1, 0.15) is 5.56 Å². The first kappa shape index (κ1) is 15.6. The number of aliphatic hydroxyl groups excluding tert-OH is 1. The van der Waals surface area contributed by atoms with Crippen molar-refractivity contribution in [2.45, 2.75) is 6.61 Å². The zero-order valence-corrected chi connectivity index (χ0v) is 12.6. The summed E-state index contributed by atoms with van der Waals surface area (Å²) < 4.78 is 0. The Bertz CT molecular complexity index is 647. The topological polar surface area (TPSA) is 61.4 Å². The molecule has 0 saturated carbocycles. The fraction of sp³-hybridized carbons (Fsp3) is 0.133. The van der Waals surface area contributed by atoms with Crippen molar-refractivity contribution >= 4 is 40.5 Å². The number of rotatable bonds is 5. The van der Waals surface area contributed by atoms with Crippen LogP contribution >= 0.6 is 23.2 Å². The van der Waals surface area contributed by atoms with Crippen LogP contribution in [0.5, 0.6) is 0 Å². The zero-order chi connectivity index (χ0) is 15.2. The third-order valence-electron chi connectivity index (χ3n) is 2.77. The first-order valence-electron chi connectivity index (χ1n) is 6.27. The van der Waals surface area contributed by atoms with E-state index in [2.05, 4.69) is 10.6 Å². The minimum absolute atomic E-state index is 0.0418. The summed E-state index contributed by atoms with van der Waals surface area (Å²) in [4.78, 5) is 11.9. The molecule has 0 aliphatic rings. The number of hydrogen-bond donors (Lipinski definition) is 3. The summed E-state index contributed by atoms with van der Waals surface area (Å²) in [5.41, 5.74) is 2.01. The minimum Gasteiger partial charge on any atom is -0.392 e. The van der Waals surface area contributed by atoms with E-state index in [9.17, 15) is 4.79 Å². The summed E-state index contributed by atoms with van der Waals surface area (Å²) in [6.45, 7) is 0.0392. The van der Waals surface area contributed by atoms with E-state index in [-0.39, 0.29) is 19.1 Å². The molecule has 0 saturated heterocycles. The number of nitrogens with one attached hydrogen (secondary N) is 2. The lowest BCUT2D eigenvalue weighted by Crippen LogP contribution is -2.21. The largest absolute Gasteiger partial charge is 0.392 e. The van der Waals surface area contributed by atoms with Crippen LogP contribution in [0.3, 0.4) is 0 Å². The molecule has 0 radical (unpaired) electrons. The van der Waals surface area contributed by atoms with Gasteiger partial charge in [-0.25, -0.2) is 0 Å². The van der Waals surface area contributed by atoms with Crippen molar-refractivity contribution < 1.29 is 9.90 Å². The Hall–Kier alpha value is -1.75. The van der Waals surface area contributed by atoms with Gasteiger partial charge in [0.05, 0.1) is 23.9 Å². The molecule has 110 valence electrons. The van der Waals surface area contributed by atoms with E-state index in [1.807, 2.05) is 6.07 Å². The average molecular weight is 325 g/mol. The normalized spacial score (nSPS) is 10.2. The van der Waals surface area contributed by atoms with Crippen molar-refractivity contribution in [2.24, 2.45) is 0 Å². The molecule has 2 aromatic rings. The molecule has 0 aliphatic carbocycles. The number of hydrogen-bond acceptors (Lipinski definition) is 3. The van der Waals surface area contributed by atoms with Crippen LogP contribution in [-0.2, 0) is 11.4 Å². The number of anilines is 2. The summed E-state index contributed by atoms with van der Waals surface area (Å²) in [5.74, 6) is -0.242. The molecule has 0 spiro atoms. The maximum absolute atomic E-state index is 11.9. The van der Waals surface area contributed by atoms with E-state index in [0.29, 0.717) is 15.7 Å². The highest BCUT2D eigenvalue weighted by Crippen LogP contribution is 2.25. The fourth-order valence-electron chi connectivity index (χ4n) is 1.75. The maximum Gasteiger partial charge on any atom is 0.243 e. The van der Waals surface area contributed by atoms with Crippen molar-refractivity contribution in [3.63, 3.8) is 0 Å². The molecule has 0 aliphatic heterocycles. The van der Waals surface area contributed by atoms with Crippen molar-refractivity contribution in [2.75, 3.05) is 17.2 Å². The molecule has 3 N–H and O–H groups in total. The third-order valence-corrected chi connectivity index (χ3v) is 3.33. The Kier molecular flexibility index (Phi) is 5.44. The Labute approximate surface area is 132 Å². The van der Waals surface area contributed by atoms with Gasteiger partial charge in [-0.2, -0.15) is 0 Å². The molecule has 0 heterocycles. The number of aliphatic hydroxyl groups is 1. The van der Waals surface area contributed by atoms with E-state index in [4.69, 9.17) is 28.3 Å². The van der Waals surface area contributed by atoms with E-state index in [1.54, 1.807) is 36.4 Å². The van der Waals surface area contributed by atoms with E-state index >= 15 is 0 Å². The highest BCUT2D eigenvalue weighted by Gasteiger charge is 2.06. The molecule has 1 amide bonds. The Balaban J connectivity index is 1.94. The highest BCUT2D eigenvalue weighted by molar-refractivity contribution is 6.35. The number of amides is 1. The van der Waals surface area contributed by atoms with Gasteiger partial charge < -0.3 is 15.7 Å². The van der Waals surface area contributed by atoms with E-state index < -0.39 is 0 Å². The molecule has 0 atom stereocenters. The monoisotopic (exact) mass is 324 g/mol. The molecule has 4 nitrogen and oxygen atoms in total. The maximum atomic E-state index is 11.9. The molecule has 2 rings (SSSR count). The molecule has 0 unspecified atom stereocenters. The summed E-state index contributed by atoms with van der Waals surface area (Å²) in [6.07, 6.45) is 0. The van der Waals surface area contributed by atoms with Crippen molar-refractivity contribution in [3.05, 3.63) is 58.1 Å². The average Bonchev–Trinajstić information content (AvgIpc) is 2.49. The minimum atomic E-state index is -0.242. The van der Waals surface area contributed by atoms with Crippen LogP contribution in [0.2, 0.25) is 10.0 Å². The predicted molar refractivity (Wildman–Crippen MR) is 85.9 cm³/mol. The van der Waals surface area contributed by atoms with Gasteiger partial charge in [-0.15, -0.1) is 0 Å². The number of carbonyl (C=O) groups excluding carboxylic acids is 1. The third kappa shape index (κ3) is 4.63. The van der Waals surface area contributed by atoms with Gasteiger partial charge in [0.15, 0.2) is 0 Å². The smallest absolute Gasteiger partial charge is 0.243 e.